The minimum Gasteiger partial charge on any atom is -0.363 e. The Morgan fingerprint density at radius 3 is 3.06 bits per heavy atom. The first-order valence-corrected chi connectivity index (χ1v) is 5.47. The Morgan fingerprint density at radius 1 is 1.22 bits per heavy atom. The molecule has 0 radical (unpaired) electrons. The van der Waals surface area contributed by atoms with Crippen LogP contribution >= 0.6 is 0 Å². The molecule has 0 bridgehead atoms. The second-order valence-corrected chi connectivity index (χ2v) is 3.77. The Balaban J connectivity index is 1.76. The van der Waals surface area contributed by atoms with Crippen LogP contribution in [0.2, 0.25) is 0 Å². The summed E-state index contributed by atoms with van der Waals surface area (Å²) in [5, 5.41) is 3.05. The third-order valence-electron chi connectivity index (χ3n) is 2.48. The summed E-state index contributed by atoms with van der Waals surface area (Å²) in [6.45, 7) is 0.405. The van der Waals surface area contributed by atoms with Crippen molar-refractivity contribution in [3.05, 3.63) is 48.3 Å². The van der Waals surface area contributed by atoms with E-state index in [-0.39, 0.29) is 0 Å². The Morgan fingerprint density at radius 2 is 2.17 bits per heavy atom. The van der Waals surface area contributed by atoms with E-state index < -0.39 is 5.95 Å². The SMILES string of the molecule is Fc1cccc(CNc2cnc3[nH]ccc3n2)n1. The maximum Gasteiger partial charge on any atom is 0.213 e. The standard InChI is InChI=1S/C12H10FN5/c13-10-3-1-2-8(17-10)6-15-11-7-16-12-9(18-11)4-5-14-12/h1-5,7H,6H2,(H,14,16)(H,15,18). The van der Waals surface area contributed by atoms with Gasteiger partial charge in [0.25, 0.3) is 0 Å². The molecule has 6 heteroatoms. The Kier molecular flexibility index (Phi) is 2.60. The molecule has 0 atom stereocenters. The molecule has 3 aromatic rings. The van der Waals surface area contributed by atoms with E-state index in [1.54, 1.807) is 24.5 Å². The number of fused-ring (bicyclic) bond motifs is 1. The van der Waals surface area contributed by atoms with Gasteiger partial charge in [0.1, 0.15) is 11.3 Å². The van der Waals surface area contributed by atoms with Crippen molar-refractivity contribution in [2.75, 3.05) is 5.32 Å². The molecule has 3 aromatic heterocycles. The molecule has 0 aliphatic rings. The zero-order valence-corrected chi connectivity index (χ0v) is 9.39. The van der Waals surface area contributed by atoms with Crippen LogP contribution in [0.1, 0.15) is 5.69 Å². The number of aromatic nitrogens is 4. The van der Waals surface area contributed by atoms with Gasteiger partial charge in [-0.1, -0.05) is 6.07 Å². The smallest absolute Gasteiger partial charge is 0.213 e. The predicted molar refractivity (Wildman–Crippen MR) is 65.4 cm³/mol. The van der Waals surface area contributed by atoms with Crippen LogP contribution in [0, 0.1) is 5.95 Å². The molecule has 0 aliphatic carbocycles. The van der Waals surface area contributed by atoms with Crippen LogP contribution in [0.3, 0.4) is 0 Å². The topological polar surface area (TPSA) is 66.5 Å². The van der Waals surface area contributed by atoms with Gasteiger partial charge in [-0.25, -0.2) is 15.0 Å². The quantitative estimate of drug-likeness (QED) is 0.691. The minimum absolute atomic E-state index is 0.405. The van der Waals surface area contributed by atoms with Gasteiger partial charge in [0, 0.05) is 6.20 Å². The highest BCUT2D eigenvalue weighted by Crippen LogP contribution is 2.10. The van der Waals surface area contributed by atoms with Crippen LogP contribution in [0.4, 0.5) is 10.2 Å². The van der Waals surface area contributed by atoms with Crippen molar-refractivity contribution < 1.29 is 4.39 Å². The molecule has 0 aromatic carbocycles. The number of H-pyrrole nitrogens is 1. The molecule has 18 heavy (non-hydrogen) atoms. The van der Waals surface area contributed by atoms with Gasteiger partial charge >= 0.3 is 0 Å². The van der Waals surface area contributed by atoms with Gasteiger partial charge in [0.2, 0.25) is 5.95 Å². The van der Waals surface area contributed by atoms with Gasteiger partial charge in [0.05, 0.1) is 18.4 Å². The molecule has 5 nitrogen and oxygen atoms in total. The molecule has 0 unspecified atom stereocenters. The third-order valence-corrected chi connectivity index (χ3v) is 2.48. The highest BCUT2D eigenvalue weighted by Gasteiger charge is 2.01. The molecule has 0 aliphatic heterocycles. The van der Waals surface area contributed by atoms with E-state index in [0.29, 0.717) is 18.1 Å². The van der Waals surface area contributed by atoms with E-state index in [1.807, 2.05) is 6.07 Å². The minimum atomic E-state index is -0.485. The first-order chi connectivity index (χ1) is 8.81. The van der Waals surface area contributed by atoms with E-state index in [9.17, 15) is 4.39 Å². The maximum absolute atomic E-state index is 12.9. The molecule has 0 spiro atoms. The zero-order valence-electron chi connectivity index (χ0n) is 9.39. The number of pyridine rings is 1. The van der Waals surface area contributed by atoms with Crippen LogP contribution in [0.5, 0.6) is 0 Å². The number of halogens is 1. The van der Waals surface area contributed by atoms with Crippen molar-refractivity contribution in [3.8, 4) is 0 Å². The monoisotopic (exact) mass is 243 g/mol. The van der Waals surface area contributed by atoms with Crippen molar-refractivity contribution in [2.45, 2.75) is 6.54 Å². The highest BCUT2D eigenvalue weighted by molar-refractivity contribution is 5.71. The number of nitrogens with one attached hydrogen (secondary N) is 2. The molecule has 2 N–H and O–H groups in total. The zero-order chi connectivity index (χ0) is 12.4. The molecule has 90 valence electrons. The number of hydrogen-bond donors (Lipinski definition) is 2. The van der Waals surface area contributed by atoms with Gasteiger partial charge in [-0.15, -0.1) is 0 Å². The number of anilines is 1. The Hall–Kier alpha value is -2.50. The largest absolute Gasteiger partial charge is 0.363 e. The van der Waals surface area contributed by atoms with Crippen LogP contribution in [0.15, 0.2) is 36.7 Å². The molecular formula is C12H10FN5. The van der Waals surface area contributed by atoms with Crippen LogP contribution in [-0.4, -0.2) is 19.9 Å². The average molecular weight is 243 g/mol. The molecule has 0 saturated heterocycles. The number of aromatic amines is 1. The van der Waals surface area contributed by atoms with Crippen LogP contribution in [0.25, 0.3) is 11.2 Å². The van der Waals surface area contributed by atoms with E-state index in [1.165, 1.54) is 6.07 Å². The van der Waals surface area contributed by atoms with E-state index in [4.69, 9.17) is 0 Å². The molecule has 0 amide bonds. The number of rotatable bonds is 3. The van der Waals surface area contributed by atoms with Crippen LogP contribution < -0.4 is 5.32 Å². The summed E-state index contributed by atoms with van der Waals surface area (Å²) in [4.78, 5) is 15.3. The van der Waals surface area contributed by atoms with Gasteiger partial charge in [-0.3, -0.25) is 0 Å². The normalized spacial score (nSPS) is 10.7. The summed E-state index contributed by atoms with van der Waals surface area (Å²) in [5.41, 5.74) is 2.14. The molecule has 0 fully saturated rings. The summed E-state index contributed by atoms with van der Waals surface area (Å²) in [5.74, 6) is 0.148. The second-order valence-electron chi connectivity index (χ2n) is 3.77. The molecule has 3 heterocycles. The summed E-state index contributed by atoms with van der Waals surface area (Å²) in [6, 6.07) is 6.53. The fourth-order valence-electron chi connectivity index (χ4n) is 1.65. The summed E-state index contributed by atoms with van der Waals surface area (Å²) in [6.07, 6.45) is 3.40. The highest BCUT2D eigenvalue weighted by atomic mass is 19.1. The van der Waals surface area contributed by atoms with E-state index in [2.05, 4.69) is 25.3 Å². The van der Waals surface area contributed by atoms with Crippen molar-refractivity contribution in [1.29, 1.82) is 0 Å². The third kappa shape index (κ3) is 2.13. The lowest BCUT2D eigenvalue weighted by atomic mass is 10.3. The van der Waals surface area contributed by atoms with Crippen molar-refractivity contribution in [2.24, 2.45) is 0 Å². The van der Waals surface area contributed by atoms with E-state index in [0.717, 1.165) is 11.2 Å². The van der Waals surface area contributed by atoms with Gasteiger partial charge in [-0.2, -0.15) is 4.39 Å². The Bertz CT molecular complexity index is 679. The summed E-state index contributed by atoms with van der Waals surface area (Å²) < 4.78 is 12.9. The first kappa shape index (κ1) is 10.6. The molecule has 0 saturated carbocycles. The lowest BCUT2D eigenvalue weighted by molar-refractivity contribution is 0.578. The number of nitrogens with zero attached hydrogens (tertiary/aromatic N) is 3. The van der Waals surface area contributed by atoms with Crippen LogP contribution in [-0.2, 0) is 6.54 Å². The van der Waals surface area contributed by atoms with Gasteiger partial charge < -0.3 is 10.3 Å². The number of hydrogen-bond acceptors (Lipinski definition) is 4. The summed E-state index contributed by atoms with van der Waals surface area (Å²) >= 11 is 0. The van der Waals surface area contributed by atoms with Crippen molar-refractivity contribution >= 4 is 17.0 Å². The second kappa shape index (κ2) is 4.40. The van der Waals surface area contributed by atoms with Gasteiger partial charge in [-0.05, 0) is 18.2 Å². The fourth-order valence-corrected chi connectivity index (χ4v) is 1.65. The van der Waals surface area contributed by atoms with Crippen molar-refractivity contribution in [3.63, 3.8) is 0 Å². The fraction of sp³-hybridized carbons (Fsp3) is 0.0833. The summed E-state index contributed by atoms with van der Waals surface area (Å²) in [7, 11) is 0. The average Bonchev–Trinajstić information content (AvgIpc) is 2.84. The first-order valence-electron chi connectivity index (χ1n) is 5.47. The van der Waals surface area contributed by atoms with E-state index >= 15 is 0 Å². The molecule has 3 rings (SSSR count). The maximum atomic E-state index is 12.9. The van der Waals surface area contributed by atoms with Gasteiger partial charge in [0.15, 0.2) is 5.65 Å². The predicted octanol–water partition coefficient (Wildman–Crippen LogP) is 2.10. The van der Waals surface area contributed by atoms with Crippen molar-refractivity contribution in [1.82, 2.24) is 19.9 Å². The molecular weight excluding hydrogens is 233 g/mol. The lowest BCUT2D eigenvalue weighted by Gasteiger charge is -2.04. The lowest BCUT2D eigenvalue weighted by Crippen LogP contribution is -2.04. The Labute approximate surface area is 102 Å².